The maximum Gasteiger partial charge on any atom is 0.266 e. The summed E-state index contributed by atoms with van der Waals surface area (Å²) in [5.74, 6) is -0.231. The highest BCUT2D eigenvalue weighted by atomic mass is 19.1. The van der Waals surface area contributed by atoms with Crippen LogP contribution in [0.5, 0.6) is 0 Å². The van der Waals surface area contributed by atoms with E-state index in [2.05, 4.69) is 6.92 Å². The van der Waals surface area contributed by atoms with E-state index in [1.54, 1.807) is 27.7 Å². The van der Waals surface area contributed by atoms with E-state index < -0.39 is 11.9 Å². The number of benzene rings is 3. The average Bonchev–Trinajstić information content (AvgIpc) is 2.86. The topological polar surface area (TPSA) is 55.2 Å². The number of aromatic nitrogens is 2. The predicted molar refractivity (Wildman–Crippen MR) is 137 cm³/mol. The fourth-order valence-electron chi connectivity index (χ4n) is 4.45. The van der Waals surface area contributed by atoms with Gasteiger partial charge in [0.25, 0.3) is 11.5 Å². The first-order valence-corrected chi connectivity index (χ1v) is 12.1. The second-order valence-corrected chi connectivity index (χ2v) is 8.75. The van der Waals surface area contributed by atoms with Crippen molar-refractivity contribution >= 4 is 16.8 Å². The van der Waals surface area contributed by atoms with E-state index in [-0.39, 0.29) is 17.0 Å². The van der Waals surface area contributed by atoms with Crippen LogP contribution in [0.1, 0.15) is 60.9 Å². The first-order valence-electron chi connectivity index (χ1n) is 12.1. The molecule has 4 aromatic rings. The molecule has 1 aromatic heterocycles. The lowest BCUT2D eigenvalue weighted by Gasteiger charge is -2.32. The van der Waals surface area contributed by atoms with Crippen molar-refractivity contribution < 1.29 is 9.18 Å². The van der Waals surface area contributed by atoms with Crippen LogP contribution in [0, 0.1) is 12.7 Å². The number of hydrogen-bond donors (Lipinski definition) is 0. The average molecular weight is 472 g/mol. The molecule has 180 valence electrons. The summed E-state index contributed by atoms with van der Waals surface area (Å²) in [6.45, 7) is 6.48. The Labute approximate surface area is 204 Å². The van der Waals surface area contributed by atoms with Crippen molar-refractivity contribution in [2.24, 2.45) is 0 Å². The van der Waals surface area contributed by atoms with E-state index in [9.17, 15) is 14.0 Å². The fourth-order valence-corrected chi connectivity index (χ4v) is 4.45. The molecule has 35 heavy (non-hydrogen) atoms. The molecular weight excluding hydrogens is 441 g/mol. The first kappa shape index (κ1) is 24.3. The van der Waals surface area contributed by atoms with E-state index in [0.717, 1.165) is 18.4 Å². The molecule has 0 N–H and O–H groups in total. The molecule has 1 unspecified atom stereocenters. The maximum absolute atomic E-state index is 14.0. The standard InChI is InChI=1S/C29H30FN3O2/c1-4-6-17-32(28(34)21-12-10-13-22(30)19-21)26(5-2)27-31-25-16-8-7-15-24(25)29(35)33(27)23-14-9-11-20(3)18-23/h7-16,18-19,26H,4-6,17H2,1-3H3. The number of unbranched alkanes of at least 4 members (excludes halogenated alkanes) is 1. The van der Waals surface area contributed by atoms with Gasteiger partial charge < -0.3 is 4.90 Å². The number of carbonyl (C=O) groups excluding carboxylic acids is 1. The molecule has 0 bridgehead atoms. The largest absolute Gasteiger partial charge is 0.328 e. The summed E-state index contributed by atoms with van der Waals surface area (Å²) in [5, 5.41) is 0.518. The van der Waals surface area contributed by atoms with Gasteiger partial charge in [-0.1, -0.05) is 50.6 Å². The molecule has 0 saturated heterocycles. The van der Waals surface area contributed by atoms with Crippen LogP contribution in [0.15, 0.2) is 77.6 Å². The smallest absolute Gasteiger partial charge is 0.266 e. The summed E-state index contributed by atoms with van der Waals surface area (Å²) in [5.41, 5.74) is 2.41. The zero-order valence-corrected chi connectivity index (χ0v) is 20.4. The van der Waals surface area contributed by atoms with E-state index in [1.807, 2.05) is 56.3 Å². The van der Waals surface area contributed by atoms with Crippen LogP contribution >= 0.6 is 0 Å². The van der Waals surface area contributed by atoms with Gasteiger partial charge >= 0.3 is 0 Å². The van der Waals surface area contributed by atoms with Gasteiger partial charge in [0.1, 0.15) is 11.6 Å². The van der Waals surface area contributed by atoms with Gasteiger partial charge in [-0.15, -0.1) is 0 Å². The van der Waals surface area contributed by atoms with Gasteiger partial charge in [0.15, 0.2) is 0 Å². The van der Waals surface area contributed by atoms with Crippen LogP contribution in [-0.4, -0.2) is 26.9 Å². The highest BCUT2D eigenvalue weighted by molar-refractivity contribution is 5.94. The van der Waals surface area contributed by atoms with Crippen molar-refractivity contribution in [3.63, 3.8) is 0 Å². The Balaban J connectivity index is 1.95. The third-order valence-corrected chi connectivity index (χ3v) is 6.21. The quantitative estimate of drug-likeness (QED) is 0.306. The normalized spacial score (nSPS) is 12.0. The molecule has 0 spiro atoms. The Morgan fingerprint density at radius 2 is 1.80 bits per heavy atom. The Kier molecular flexibility index (Phi) is 7.39. The van der Waals surface area contributed by atoms with Gasteiger partial charge in [0.2, 0.25) is 0 Å². The Bertz CT molecular complexity index is 1410. The van der Waals surface area contributed by atoms with Crippen molar-refractivity contribution in [1.29, 1.82) is 0 Å². The fraction of sp³-hybridized carbons (Fsp3) is 0.276. The number of fused-ring (bicyclic) bond motifs is 1. The van der Waals surface area contributed by atoms with Gasteiger partial charge in [-0.25, -0.2) is 9.37 Å². The molecule has 4 rings (SSSR count). The second-order valence-electron chi connectivity index (χ2n) is 8.75. The van der Waals surface area contributed by atoms with Crippen LogP contribution in [0.3, 0.4) is 0 Å². The van der Waals surface area contributed by atoms with Crippen molar-refractivity contribution in [2.45, 2.75) is 46.1 Å². The molecule has 1 heterocycles. The zero-order chi connectivity index (χ0) is 24.9. The minimum Gasteiger partial charge on any atom is -0.328 e. The van der Waals surface area contributed by atoms with Crippen LogP contribution in [0.4, 0.5) is 4.39 Å². The van der Waals surface area contributed by atoms with Gasteiger partial charge in [0, 0.05) is 12.1 Å². The van der Waals surface area contributed by atoms with E-state index in [0.29, 0.717) is 35.4 Å². The summed E-state index contributed by atoms with van der Waals surface area (Å²) < 4.78 is 15.6. The van der Waals surface area contributed by atoms with Crippen molar-refractivity contribution in [2.75, 3.05) is 6.54 Å². The number of carbonyl (C=O) groups is 1. The van der Waals surface area contributed by atoms with Crippen molar-refractivity contribution in [3.05, 3.63) is 106 Å². The minimum atomic E-state index is -0.477. The molecule has 0 aliphatic rings. The monoisotopic (exact) mass is 471 g/mol. The molecule has 0 aliphatic carbocycles. The molecule has 5 nitrogen and oxygen atoms in total. The summed E-state index contributed by atoms with van der Waals surface area (Å²) >= 11 is 0. The summed E-state index contributed by atoms with van der Waals surface area (Å²) in [6.07, 6.45) is 2.21. The van der Waals surface area contributed by atoms with Crippen LogP contribution in [0.2, 0.25) is 0 Å². The minimum absolute atomic E-state index is 0.178. The van der Waals surface area contributed by atoms with Gasteiger partial charge in [-0.05, 0) is 67.8 Å². The number of nitrogens with zero attached hydrogens (tertiary/aromatic N) is 3. The summed E-state index contributed by atoms with van der Waals surface area (Å²) in [7, 11) is 0. The van der Waals surface area contributed by atoms with Gasteiger partial charge in [-0.2, -0.15) is 0 Å². The molecule has 0 aliphatic heterocycles. The SMILES string of the molecule is CCCCN(C(=O)c1cccc(F)c1)C(CC)c1nc2ccccc2c(=O)n1-c1cccc(C)c1. The lowest BCUT2D eigenvalue weighted by Crippen LogP contribution is -2.39. The number of halogens is 1. The highest BCUT2D eigenvalue weighted by Gasteiger charge is 2.29. The lowest BCUT2D eigenvalue weighted by atomic mass is 10.1. The third-order valence-electron chi connectivity index (χ3n) is 6.21. The molecule has 0 fully saturated rings. The molecule has 1 amide bonds. The lowest BCUT2D eigenvalue weighted by molar-refractivity contribution is 0.0655. The van der Waals surface area contributed by atoms with Crippen LogP contribution < -0.4 is 5.56 Å². The highest BCUT2D eigenvalue weighted by Crippen LogP contribution is 2.28. The first-order chi connectivity index (χ1) is 16.9. The van der Waals surface area contributed by atoms with E-state index in [4.69, 9.17) is 4.98 Å². The molecule has 0 radical (unpaired) electrons. The zero-order valence-electron chi connectivity index (χ0n) is 20.4. The van der Waals surface area contributed by atoms with E-state index in [1.165, 1.54) is 12.1 Å². The number of para-hydroxylation sites is 1. The van der Waals surface area contributed by atoms with Crippen LogP contribution in [-0.2, 0) is 0 Å². The number of aryl methyl sites for hydroxylation is 1. The van der Waals surface area contributed by atoms with Gasteiger partial charge in [-0.3, -0.25) is 14.2 Å². The Morgan fingerprint density at radius 1 is 1.03 bits per heavy atom. The Morgan fingerprint density at radius 3 is 2.51 bits per heavy atom. The summed E-state index contributed by atoms with van der Waals surface area (Å²) in [4.78, 5) is 34.1. The van der Waals surface area contributed by atoms with Crippen molar-refractivity contribution in [3.8, 4) is 5.69 Å². The second kappa shape index (κ2) is 10.6. The molecule has 0 saturated carbocycles. The van der Waals surface area contributed by atoms with Crippen LogP contribution in [0.25, 0.3) is 16.6 Å². The molecule has 1 atom stereocenters. The predicted octanol–water partition coefficient (Wildman–Crippen LogP) is 6.23. The third kappa shape index (κ3) is 5.02. The number of hydrogen-bond acceptors (Lipinski definition) is 3. The summed E-state index contributed by atoms with van der Waals surface area (Å²) in [6, 6.07) is 20.2. The number of rotatable bonds is 8. The molecular formula is C29H30FN3O2. The number of amides is 1. The molecule has 3 aromatic carbocycles. The molecule has 6 heteroatoms. The van der Waals surface area contributed by atoms with Crippen molar-refractivity contribution in [1.82, 2.24) is 14.5 Å². The maximum atomic E-state index is 14.0. The van der Waals surface area contributed by atoms with Gasteiger partial charge in [0.05, 0.1) is 22.6 Å². The van der Waals surface area contributed by atoms with E-state index >= 15 is 0 Å². The Hall–Kier alpha value is -3.80.